The van der Waals surface area contributed by atoms with Gasteiger partial charge in [-0.1, -0.05) is 48.0 Å². The van der Waals surface area contributed by atoms with Crippen molar-refractivity contribution in [3.63, 3.8) is 0 Å². The summed E-state index contributed by atoms with van der Waals surface area (Å²) >= 11 is 7.78. The van der Waals surface area contributed by atoms with Gasteiger partial charge in [-0.2, -0.15) is 0 Å². The molecule has 31 heavy (non-hydrogen) atoms. The predicted octanol–water partition coefficient (Wildman–Crippen LogP) is 5.87. The lowest BCUT2D eigenvalue weighted by Crippen LogP contribution is -2.24. The smallest absolute Gasteiger partial charge is 0.316 e. The van der Waals surface area contributed by atoms with E-state index in [-0.39, 0.29) is 18.5 Å². The van der Waals surface area contributed by atoms with E-state index in [1.165, 1.54) is 23.2 Å². The lowest BCUT2D eigenvalue weighted by atomic mass is 9.96. The van der Waals surface area contributed by atoms with Crippen molar-refractivity contribution in [1.82, 2.24) is 4.98 Å². The number of hydrogen-bond acceptors (Lipinski definition) is 5. The van der Waals surface area contributed by atoms with Crippen LogP contribution in [0.15, 0.2) is 47.8 Å². The second-order valence-electron chi connectivity index (χ2n) is 7.91. The maximum absolute atomic E-state index is 12.8. The lowest BCUT2D eigenvalue weighted by molar-refractivity contribution is -0.148. The van der Waals surface area contributed by atoms with Gasteiger partial charge in [0.15, 0.2) is 5.13 Å². The highest BCUT2D eigenvalue weighted by Crippen LogP contribution is 2.49. The van der Waals surface area contributed by atoms with E-state index in [0.717, 1.165) is 29.5 Å². The highest BCUT2D eigenvalue weighted by atomic mass is 35.5. The second kappa shape index (κ2) is 8.44. The van der Waals surface area contributed by atoms with Crippen molar-refractivity contribution < 1.29 is 14.3 Å². The van der Waals surface area contributed by atoms with Crippen molar-refractivity contribution in [3.05, 3.63) is 75.3 Å². The fourth-order valence-corrected chi connectivity index (χ4v) is 5.08. The summed E-state index contributed by atoms with van der Waals surface area (Å²) < 4.78 is 5.61. The van der Waals surface area contributed by atoms with Gasteiger partial charge in [-0.15, -0.1) is 11.3 Å². The van der Waals surface area contributed by atoms with Gasteiger partial charge in [-0.3, -0.25) is 14.5 Å². The number of esters is 1. The summed E-state index contributed by atoms with van der Waals surface area (Å²) in [6, 6.07) is 13.5. The van der Waals surface area contributed by atoms with E-state index in [4.69, 9.17) is 16.3 Å². The number of thiazole rings is 1. The standard InChI is InChI=1S/C24H23ClN2O3S/c1-15-11-16(2)21(20(25)12-15)27(17(3)28)23-26-19(14-31-23)13-30-22(29)24(9-10-24)18-7-5-4-6-8-18/h4-8,11-12,14H,9-10,13H2,1-3H3. The van der Waals surface area contributed by atoms with Gasteiger partial charge in [0.05, 0.1) is 21.8 Å². The first-order valence-corrected chi connectivity index (χ1v) is 11.3. The number of amides is 1. The molecule has 160 valence electrons. The molecule has 4 rings (SSSR count). The van der Waals surface area contributed by atoms with Gasteiger partial charge in [0.25, 0.3) is 0 Å². The Kier molecular flexibility index (Phi) is 5.86. The molecule has 0 N–H and O–H groups in total. The van der Waals surface area contributed by atoms with Crippen LogP contribution in [0.2, 0.25) is 5.02 Å². The zero-order valence-corrected chi connectivity index (χ0v) is 19.2. The number of rotatable bonds is 6. The molecule has 1 aliphatic rings. The Morgan fingerprint density at radius 2 is 1.90 bits per heavy atom. The number of carbonyl (C=O) groups excluding carboxylic acids is 2. The number of aryl methyl sites for hydroxylation is 2. The first-order chi connectivity index (χ1) is 14.8. The maximum atomic E-state index is 12.8. The summed E-state index contributed by atoms with van der Waals surface area (Å²) in [4.78, 5) is 31.3. The molecule has 0 bridgehead atoms. The molecule has 7 heteroatoms. The number of hydrogen-bond donors (Lipinski definition) is 0. The molecule has 0 atom stereocenters. The Morgan fingerprint density at radius 1 is 1.19 bits per heavy atom. The minimum Gasteiger partial charge on any atom is -0.458 e. The normalized spacial score (nSPS) is 14.2. The van der Waals surface area contributed by atoms with Crippen LogP contribution in [0, 0.1) is 13.8 Å². The van der Waals surface area contributed by atoms with Crippen LogP contribution in [0.25, 0.3) is 0 Å². The number of carbonyl (C=O) groups is 2. The van der Waals surface area contributed by atoms with E-state index in [2.05, 4.69) is 4.98 Å². The van der Waals surface area contributed by atoms with Crippen LogP contribution in [-0.4, -0.2) is 16.9 Å². The number of ether oxygens (including phenoxy) is 1. The molecular formula is C24H23ClN2O3S. The van der Waals surface area contributed by atoms with Crippen LogP contribution in [0.3, 0.4) is 0 Å². The van der Waals surface area contributed by atoms with E-state index in [9.17, 15) is 9.59 Å². The van der Waals surface area contributed by atoms with E-state index < -0.39 is 5.41 Å². The first kappa shape index (κ1) is 21.5. The predicted molar refractivity (Wildman–Crippen MR) is 123 cm³/mol. The minimum absolute atomic E-state index is 0.0657. The third-order valence-electron chi connectivity index (χ3n) is 5.49. The summed E-state index contributed by atoms with van der Waals surface area (Å²) in [6.07, 6.45) is 1.59. The van der Waals surface area contributed by atoms with Gasteiger partial charge in [-0.25, -0.2) is 4.98 Å². The molecule has 1 saturated carbocycles. The Labute approximate surface area is 190 Å². The van der Waals surface area contributed by atoms with Gasteiger partial charge < -0.3 is 4.74 Å². The quantitative estimate of drug-likeness (QED) is 0.437. The van der Waals surface area contributed by atoms with Crippen molar-refractivity contribution >= 4 is 45.6 Å². The molecule has 1 aliphatic carbocycles. The number of halogens is 1. The summed E-state index contributed by atoms with van der Waals surface area (Å²) in [6.45, 7) is 5.42. The Hall–Kier alpha value is -2.70. The monoisotopic (exact) mass is 454 g/mol. The highest BCUT2D eigenvalue weighted by Gasteiger charge is 2.52. The summed E-state index contributed by atoms with van der Waals surface area (Å²) in [5.74, 6) is -0.415. The molecule has 0 radical (unpaired) electrons. The zero-order valence-electron chi connectivity index (χ0n) is 17.6. The summed E-state index contributed by atoms with van der Waals surface area (Å²) in [5.41, 5.74) is 3.60. The van der Waals surface area contributed by atoms with E-state index in [1.54, 1.807) is 5.38 Å². The molecule has 1 aromatic heterocycles. The van der Waals surface area contributed by atoms with Crippen LogP contribution >= 0.6 is 22.9 Å². The molecule has 1 heterocycles. The van der Waals surface area contributed by atoms with Crippen molar-refractivity contribution in [1.29, 1.82) is 0 Å². The molecule has 0 aliphatic heterocycles. The van der Waals surface area contributed by atoms with Crippen LogP contribution in [-0.2, 0) is 26.3 Å². The van der Waals surface area contributed by atoms with Crippen LogP contribution in [0.1, 0.15) is 42.1 Å². The minimum atomic E-state index is -0.530. The van der Waals surface area contributed by atoms with Crippen LogP contribution in [0.5, 0.6) is 0 Å². The van der Waals surface area contributed by atoms with Crippen molar-refractivity contribution in [2.24, 2.45) is 0 Å². The van der Waals surface area contributed by atoms with Crippen LogP contribution < -0.4 is 4.90 Å². The fraction of sp³-hybridized carbons (Fsp3) is 0.292. The van der Waals surface area contributed by atoms with Crippen LogP contribution in [0.4, 0.5) is 10.8 Å². The molecule has 0 spiro atoms. The van der Waals surface area contributed by atoms with Gasteiger partial charge >= 0.3 is 5.97 Å². The molecule has 0 unspecified atom stereocenters. The Morgan fingerprint density at radius 3 is 2.52 bits per heavy atom. The van der Waals surface area contributed by atoms with Gasteiger partial charge in [0.2, 0.25) is 5.91 Å². The molecular weight excluding hydrogens is 432 g/mol. The third-order valence-corrected chi connectivity index (χ3v) is 6.65. The molecule has 2 aromatic carbocycles. The van der Waals surface area contributed by atoms with Crippen molar-refractivity contribution in [3.8, 4) is 0 Å². The van der Waals surface area contributed by atoms with Gasteiger partial charge in [0.1, 0.15) is 6.61 Å². The van der Waals surface area contributed by atoms with Gasteiger partial charge in [0, 0.05) is 12.3 Å². The number of aromatic nitrogens is 1. The Bertz CT molecular complexity index is 1120. The first-order valence-electron chi connectivity index (χ1n) is 10.1. The number of nitrogens with zero attached hydrogens (tertiary/aromatic N) is 2. The number of benzene rings is 2. The highest BCUT2D eigenvalue weighted by molar-refractivity contribution is 7.14. The van der Waals surface area contributed by atoms with E-state index in [1.807, 2.05) is 56.3 Å². The molecule has 1 amide bonds. The van der Waals surface area contributed by atoms with Crippen molar-refractivity contribution in [2.45, 2.75) is 45.6 Å². The number of anilines is 2. The molecule has 5 nitrogen and oxygen atoms in total. The largest absolute Gasteiger partial charge is 0.458 e. The molecule has 0 saturated heterocycles. The molecule has 3 aromatic rings. The van der Waals surface area contributed by atoms with E-state index >= 15 is 0 Å². The average molecular weight is 455 g/mol. The van der Waals surface area contributed by atoms with Gasteiger partial charge in [-0.05, 0) is 49.4 Å². The summed E-state index contributed by atoms with van der Waals surface area (Å²) in [7, 11) is 0. The fourth-order valence-electron chi connectivity index (χ4n) is 3.81. The average Bonchev–Trinajstić information content (AvgIpc) is 3.42. The second-order valence-corrected chi connectivity index (χ2v) is 9.16. The lowest BCUT2D eigenvalue weighted by Gasteiger charge is -2.22. The molecule has 1 fully saturated rings. The summed E-state index contributed by atoms with van der Waals surface area (Å²) in [5, 5.41) is 2.80. The SMILES string of the molecule is CC(=O)N(c1nc(COC(=O)C2(c3ccccc3)CC2)cs1)c1c(C)cc(C)cc1Cl. The topological polar surface area (TPSA) is 59.5 Å². The third kappa shape index (κ3) is 4.23. The maximum Gasteiger partial charge on any atom is 0.316 e. The van der Waals surface area contributed by atoms with E-state index in [0.29, 0.717) is 21.5 Å². The zero-order chi connectivity index (χ0) is 22.2. The van der Waals surface area contributed by atoms with Crippen molar-refractivity contribution in [2.75, 3.05) is 4.90 Å². The Balaban J connectivity index is 1.51.